The zero-order chi connectivity index (χ0) is 51.2. The molecular formula is C57H98O12S. The van der Waals surface area contributed by atoms with Crippen molar-refractivity contribution in [1.29, 1.82) is 0 Å². The Balaban J connectivity index is 2.35. The van der Waals surface area contributed by atoms with Crippen molar-refractivity contribution in [2.45, 2.75) is 256 Å². The summed E-state index contributed by atoms with van der Waals surface area (Å²) in [5.74, 6) is -2.00. The monoisotopic (exact) mass is 1010 g/mol. The molecule has 0 aliphatic carbocycles. The fourth-order valence-electron chi connectivity index (χ4n) is 8.05. The molecule has 1 saturated heterocycles. The van der Waals surface area contributed by atoms with Gasteiger partial charge in [-0.1, -0.05) is 196 Å². The van der Waals surface area contributed by atoms with Gasteiger partial charge in [0.2, 0.25) is 0 Å². The van der Waals surface area contributed by atoms with Crippen molar-refractivity contribution in [2.75, 3.05) is 19.0 Å². The number of hydrogen-bond acceptors (Lipinski definition) is 11. The molecule has 0 spiro atoms. The summed E-state index contributed by atoms with van der Waals surface area (Å²) in [5.41, 5.74) is 0. The molecule has 1 heterocycles. The summed E-state index contributed by atoms with van der Waals surface area (Å²) in [5, 5.41) is 31.0. The van der Waals surface area contributed by atoms with E-state index in [0.717, 1.165) is 89.9 Å². The number of unbranched alkanes of at least 4 members (excludes halogenated alkanes) is 22. The second kappa shape index (κ2) is 45.9. The Morgan fingerprint density at radius 1 is 0.500 bits per heavy atom. The third-order valence-electron chi connectivity index (χ3n) is 12.3. The molecule has 13 heteroatoms. The molecule has 1 aliphatic heterocycles. The summed E-state index contributed by atoms with van der Waals surface area (Å²) in [6.45, 7) is 3.65. The Morgan fingerprint density at radius 3 is 1.34 bits per heavy atom. The summed E-state index contributed by atoms with van der Waals surface area (Å²) in [4.78, 5) is 25.6. The lowest BCUT2D eigenvalue weighted by atomic mass is 10.00. The molecule has 6 unspecified atom stereocenters. The van der Waals surface area contributed by atoms with Gasteiger partial charge in [0, 0.05) is 12.8 Å². The maximum atomic E-state index is 12.9. The van der Waals surface area contributed by atoms with Crippen LogP contribution in [0.15, 0.2) is 72.9 Å². The first-order valence-electron chi connectivity index (χ1n) is 27.5. The van der Waals surface area contributed by atoms with Crippen LogP contribution in [0.25, 0.3) is 0 Å². The fraction of sp³-hybridized carbons (Fsp3) is 0.754. The second-order valence-electron chi connectivity index (χ2n) is 18.9. The Labute approximate surface area is 425 Å². The van der Waals surface area contributed by atoms with Crippen molar-refractivity contribution in [2.24, 2.45) is 0 Å². The number of rotatable bonds is 46. The molecule has 0 aromatic heterocycles. The molecule has 70 heavy (non-hydrogen) atoms. The van der Waals surface area contributed by atoms with Gasteiger partial charge in [-0.05, 0) is 83.5 Å². The van der Waals surface area contributed by atoms with Gasteiger partial charge in [-0.15, -0.1) is 0 Å². The van der Waals surface area contributed by atoms with Crippen LogP contribution in [-0.2, 0) is 38.7 Å². The van der Waals surface area contributed by atoms with Gasteiger partial charge in [0.1, 0.15) is 36.8 Å². The van der Waals surface area contributed by atoms with Crippen molar-refractivity contribution in [3.63, 3.8) is 0 Å². The van der Waals surface area contributed by atoms with E-state index in [1.807, 2.05) is 0 Å². The van der Waals surface area contributed by atoms with Crippen LogP contribution in [0.3, 0.4) is 0 Å². The van der Waals surface area contributed by atoms with Crippen LogP contribution in [-0.4, -0.2) is 96.0 Å². The topological polar surface area (TPSA) is 186 Å². The standard InChI is InChI=1S/C57H98O12S/c1-3-5-7-9-11-13-15-17-19-21-23-25-27-29-31-33-35-37-39-41-43-45-52(58)66-47-50(48-67-57-56(62)55(61)54(60)51(69-57)49-70(63,64)65)68-53(59)46-44-42-40-38-36-34-32-30-28-26-24-22-20-18-16-14-12-10-8-6-4-2/h6,8,12,14-15,17-18,20-21,23-24,26,50-51,54-57,60-62H,3-5,7,9-11,13,16,19,22,25,27-49H2,1-2H3,(H,63,64,65)/b8-6-,14-12-,17-15-,20-18-,23-21-,26-24-. The minimum atomic E-state index is -4.61. The van der Waals surface area contributed by atoms with Crippen molar-refractivity contribution < 1.29 is 56.8 Å². The predicted octanol–water partition coefficient (Wildman–Crippen LogP) is 13.0. The highest BCUT2D eigenvalue weighted by atomic mass is 32.2. The van der Waals surface area contributed by atoms with Crippen LogP contribution in [0.5, 0.6) is 0 Å². The number of ether oxygens (including phenoxy) is 4. The first-order chi connectivity index (χ1) is 34.0. The first kappa shape index (κ1) is 65.1. The number of aliphatic hydroxyl groups is 3. The molecule has 6 atom stereocenters. The van der Waals surface area contributed by atoms with E-state index >= 15 is 0 Å². The lowest BCUT2D eigenvalue weighted by Crippen LogP contribution is -2.60. The van der Waals surface area contributed by atoms with Gasteiger partial charge in [-0.25, -0.2) is 0 Å². The zero-order valence-corrected chi connectivity index (χ0v) is 44.4. The van der Waals surface area contributed by atoms with Crippen LogP contribution in [0.4, 0.5) is 0 Å². The quantitative estimate of drug-likeness (QED) is 0.0196. The van der Waals surface area contributed by atoms with E-state index < -0.39 is 71.2 Å². The summed E-state index contributed by atoms with van der Waals surface area (Å²) < 4.78 is 54.3. The second-order valence-corrected chi connectivity index (χ2v) is 20.4. The van der Waals surface area contributed by atoms with Crippen molar-refractivity contribution in [3.05, 3.63) is 72.9 Å². The molecule has 0 amide bonds. The molecular weight excluding hydrogens is 909 g/mol. The molecule has 1 rings (SSSR count). The van der Waals surface area contributed by atoms with E-state index in [2.05, 4.69) is 86.8 Å². The molecule has 0 aromatic rings. The zero-order valence-electron chi connectivity index (χ0n) is 43.6. The smallest absolute Gasteiger partial charge is 0.306 e. The number of carbonyl (C=O) groups excluding carboxylic acids is 2. The lowest BCUT2D eigenvalue weighted by Gasteiger charge is -2.40. The Kier molecular flexibility index (Phi) is 42.7. The predicted molar refractivity (Wildman–Crippen MR) is 284 cm³/mol. The molecule has 404 valence electrons. The lowest BCUT2D eigenvalue weighted by molar-refractivity contribution is -0.297. The number of carbonyl (C=O) groups is 2. The normalized spacial score (nSPS) is 19.5. The van der Waals surface area contributed by atoms with Crippen LogP contribution >= 0.6 is 0 Å². The number of aliphatic hydroxyl groups excluding tert-OH is 3. The first-order valence-corrected chi connectivity index (χ1v) is 29.1. The van der Waals surface area contributed by atoms with Gasteiger partial charge < -0.3 is 34.3 Å². The van der Waals surface area contributed by atoms with Gasteiger partial charge in [0.05, 0.1) is 6.61 Å². The van der Waals surface area contributed by atoms with Gasteiger partial charge in [-0.2, -0.15) is 8.42 Å². The molecule has 0 bridgehead atoms. The Hall–Kier alpha value is -2.91. The Morgan fingerprint density at radius 2 is 0.900 bits per heavy atom. The highest BCUT2D eigenvalue weighted by Gasteiger charge is 2.46. The van der Waals surface area contributed by atoms with E-state index in [1.165, 1.54) is 89.9 Å². The van der Waals surface area contributed by atoms with Crippen molar-refractivity contribution >= 4 is 22.1 Å². The highest BCUT2D eigenvalue weighted by Crippen LogP contribution is 2.24. The average molecular weight is 1010 g/mol. The van der Waals surface area contributed by atoms with Crippen LogP contribution in [0.1, 0.15) is 219 Å². The highest BCUT2D eigenvalue weighted by molar-refractivity contribution is 7.85. The molecule has 1 fully saturated rings. The molecule has 0 radical (unpaired) electrons. The SMILES string of the molecule is CC/C=C\C/C=C\C/C=C\C/C=C\CCCCCCCCCCC(=O)OC(COC(=O)CCCCCCCCCCC/C=C\C/C=C\CCCCCCC)COC1OC(CS(=O)(=O)O)C(O)C(O)C1O. The number of allylic oxidation sites excluding steroid dienone is 12. The minimum absolute atomic E-state index is 0.151. The van der Waals surface area contributed by atoms with E-state index in [4.69, 9.17) is 18.9 Å². The van der Waals surface area contributed by atoms with E-state index in [1.54, 1.807) is 0 Å². The molecule has 4 N–H and O–H groups in total. The third-order valence-corrected chi connectivity index (χ3v) is 13.0. The summed E-state index contributed by atoms with van der Waals surface area (Å²) in [7, 11) is -4.61. The summed E-state index contributed by atoms with van der Waals surface area (Å²) in [6.07, 6.45) is 50.7. The molecule has 12 nitrogen and oxygen atoms in total. The average Bonchev–Trinajstić information content (AvgIpc) is 3.33. The van der Waals surface area contributed by atoms with Gasteiger partial charge in [0.15, 0.2) is 12.4 Å². The summed E-state index contributed by atoms with van der Waals surface area (Å²) in [6, 6.07) is 0. The third kappa shape index (κ3) is 39.7. The van der Waals surface area contributed by atoms with E-state index in [0.29, 0.717) is 12.8 Å². The van der Waals surface area contributed by atoms with Crippen molar-refractivity contribution in [3.8, 4) is 0 Å². The van der Waals surface area contributed by atoms with Gasteiger partial charge >= 0.3 is 11.9 Å². The maximum absolute atomic E-state index is 12.9. The van der Waals surface area contributed by atoms with Crippen LogP contribution in [0, 0.1) is 0 Å². The minimum Gasteiger partial charge on any atom is -0.462 e. The van der Waals surface area contributed by atoms with E-state index in [9.17, 15) is 37.9 Å². The van der Waals surface area contributed by atoms with Gasteiger partial charge in [0.25, 0.3) is 10.1 Å². The number of hydrogen-bond donors (Lipinski definition) is 4. The van der Waals surface area contributed by atoms with Gasteiger partial charge in [-0.3, -0.25) is 14.1 Å². The van der Waals surface area contributed by atoms with Crippen molar-refractivity contribution in [1.82, 2.24) is 0 Å². The largest absolute Gasteiger partial charge is 0.462 e. The summed E-state index contributed by atoms with van der Waals surface area (Å²) >= 11 is 0. The molecule has 0 aromatic carbocycles. The number of esters is 2. The molecule has 1 aliphatic rings. The fourth-order valence-corrected chi connectivity index (χ4v) is 8.74. The molecule has 0 saturated carbocycles. The maximum Gasteiger partial charge on any atom is 0.306 e. The van der Waals surface area contributed by atoms with E-state index in [-0.39, 0.29) is 19.4 Å². The van der Waals surface area contributed by atoms with Crippen LogP contribution < -0.4 is 0 Å². The van der Waals surface area contributed by atoms with Crippen LogP contribution in [0.2, 0.25) is 0 Å². The Bertz CT molecular complexity index is 1550.